The molecule has 0 atom stereocenters. The maximum atomic E-state index is 13.4. The predicted molar refractivity (Wildman–Crippen MR) is 86.9 cm³/mol. The van der Waals surface area contributed by atoms with E-state index in [0.29, 0.717) is 36.4 Å². The monoisotopic (exact) mass is 339 g/mol. The van der Waals surface area contributed by atoms with Crippen molar-refractivity contribution >= 4 is 11.0 Å². The van der Waals surface area contributed by atoms with Crippen LogP contribution in [0.2, 0.25) is 0 Å². The predicted octanol–water partition coefficient (Wildman–Crippen LogP) is 2.79. The number of rotatable bonds is 7. The van der Waals surface area contributed by atoms with Gasteiger partial charge in [0.05, 0.1) is 23.7 Å². The van der Waals surface area contributed by atoms with Gasteiger partial charge in [-0.1, -0.05) is 12.1 Å². The third kappa shape index (κ3) is 3.91. The highest BCUT2D eigenvalue weighted by molar-refractivity contribution is 5.75. The van der Waals surface area contributed by atoms with Crippen molar-refractivity contribution in [3.05, 3.63) is 30.1 Å². The molecule has 0 aliphatic carbocycles. The van der Waals surface area contributed by atoms with Crippen LogP contribution in [0.3, 0.4) is 0 Å². The number of aliphatic hydroxyl groups excluding tert-OH is 1. The van der Waals surface area contributed by atoms with Gasteiger partial charge >= 0.3 is 6.55 Å². The Hall–Kier alpha value is -1.57. The number of halogens is 2. The zero-order valence-corrected chi connectivity index (χ0v) is 13.6. The van der Waals surface area contributed by atoms with Crippen LogP contribution in [-0.2, 0) is 11.3 Å². The van der Waals surface area contributed by atoms with Crippen LogP contribution in [0.5, 0.6) is 0 Å². The largest absolute Gasteiger partial charge is 0.396 e. The van der Waals surface area contributed by atoms with Crippen molar-refractivity contribution in [1.82, 2.24) is 14.5 Å². The molecule has 2 aromatic rings. The lowest BCUT2D eigenvalue weighted by Crippen LogP contribution is -2.37. The summed E-state index contributed by atoms with van der Waals surface area (Å²) in [4.78, 5) is 6.53. The van der Waals surface area contributed by atoms with Crippen molar-refractivity contribution in [2.45, 2.75) is 38.5 Å². The number of alkyl halides is 2. The number of fused-ring (bicyclic) bond motifs is 1. The van der Waals surface area contributed by atoms with Crippen LogP contribution in [0, 0.1) is 0 Å². The molecule has 5 nitrogen and oxygen atoms in total. The molecule has 0 unspecified atom stereocenters. The van der Waals surface area contributed by atoms with Crippen molar-refractivity contribution in [3.8, 4) is 0 Å². The molecule has 1 aromatic heterocycles. The average Bonchev–Trinajstić information content (AvgIpc) is 2.94. The minimum atomic E-state index is -2.59. The Kier molecular flexibility index (Phi) is 5.76. The van der Waals surface area contributed by atoms with Gasteiger partial charge in [-0.3, -0.25) is 9.47 Å². The van der Waals surface area contributed by atoms with Gasteiger partial charge in [0.25, 0.3) is 0 Å². The second-order valence-electron chi connectivity index (χ2n) is 6.09. The minimum Gasteiger partial charge on any atom is -0.396 e. The summed E-state index contributed by atoms with van der Waals surface area (Å²) in [6, 6.07) is 7.00. The van der Waals surface area contributed by atoms with Crippen LogP contribution < -0.4 is 0 Å². The highest BCUT2D eigenvalue weighted by Gasteiger charge is 2.23. The summed E-state index contributed by atoms with van der Waals surface area (Å²) in [5, 5.41) is 8.77. The first-order valence-corrected chi connectivity index (χ1v) is 8.38. The van der Waals surface area contributed by atoms with Gasteiger partial charge in [0.15, 0.2) is 0 Å². The van der Waals surface area contributed by atoms with Gasteiger partial charge in [-0.05, 0) is 31.4 Å². The Morgan fingerprint density at radius 2 is 2.00 bits per heavy atom. The summed E-state index contributed by atoms with van der Waals surface area (Å²) in [6.07, 6.45) is 2.60. The van der Waals surface area contributed by atoms with Crippen molar-refractivity contribution < 1.29 is 18.6 Å². The van der Waals surface area contributed by atoms with E-state index in [1.807, 2.05) is 6.07 Å². The van der Waals surface area contributed by atoms with Gasteiger partial charge < -0.3 is 9.84 Å². The SMILES string of the molecule is OCCCOC1CCN(Cc2nc3ccccc3n2C(F)F)CC1. The van der Waals surface area contributed by atoms with Gasteiger partial charge in [-0.25, -0.2) is 4.98 Å². The quantitative estimate of drug-likeness (QED) is 0.788. The standard InChI is InChI=1S/C17H23F2N3O2/c18-17(19)22-15-5-2-1-4-14(15)20-16(22)12-21-8-6-13(7-9-21)24-11-3-10-23/h1-2,4-5,13,17,23H,3,6-12H2. The fourth-order valence-electron chi connectivity index (χ4n) is 3.17. The van der Waals surface area contributed by atoms with Gasteiger partial charge in [-0.15, -0.1) is 0 Å². The van der Waals surface area contributed by atoms with E-state index >= 15 is 0 Å². The molecule has 1 aliphatic rings. The number of para-hydroxylation sites is 2. The van der Waals surface area contributed by atoms with Gasteiger partial charge in [0.1, 0.15) is 5.82 Å². The molecular weight excluding hydrogens is 316 g/mol. The molecule has 0 bridgehead atoms. The molecule has 1 aliphatic heterocycles. The number of imidazole rings is 1. The normalized spacial score (nSPS) is 17.2. The zero-order chi connectivity index (χ0) is 16.9. The third-order valence-electron chi connectivity index (χ3n) is 4.42. The maximum absolute atomic E-state index is 13.4. The lowest BCUT2D eigenvalue weighted by molar-refractivity contribution is -0.000995. The van der Waals surface area contributed by atoms with Gasteiger partial charge in [0, 0.05) is 26.3 Å². The number of hydrogen-bond acceptors (Lipinski definition) is 4. The Morgan fingerprint density at radius 1 is 1.25 bits per heavy atom. The van der Waals surface area contributed by atoms with E-state index in [4.69, 9.17) is 9.84 Å². The van der Waals surface area contributed by atoms with Crippen LogP contribution in [0.4, 0.5) is 8.78 Å². The average molecular weight is 339 g/mol. The third-order valence-corrected chi connectivity index (χ3v) is 4.42. The summed E-state index contributed by atoms with van der Waals surface area (Å²) in [6.45, 7) is 0.145. The number of likely N-dealkylation sites (tertiary alicyclic amines) is 1. The molecule has 0 amide bonds. The van der Waals surface area contributed by atoms with E-state index in [1.54, 1.807) is 18.2 Å². The molecule has 1 saturated heterocycles. The van der Waals surface area contributed by atoms with E-state index in [9.17, 15) is 8.78 Å². The molecule has 3 rings (SSSR count). The topological polar surface area (TPSA) is 50.5 Å². The Morgan fingerprint density at radius 3 is 2.71 bits per heavy atom. The molecule has 1 N–H and O–H groups in total. The first-order chi connectivity index (χ1) is 11.7. The molecule has 7 heteroatoms. The number of benzene rings is 1. The highest BCUT2D eigenvalue weighted by atomic mass is 19.3. The number of nitrogens with zero attached hydrogens (tertiary/aromatic N) is 3. The van der Waals surface area contributed by atoms with Crippen molar-refractivity contribution in [2.24, 2.45) is 0 Å². The van der Waals surface area contributed by atoms with E-state index in [-0.39, 0.29) is 12.7 Å². The number of hydrogen-bond donors (Lipinski definition) is 1. The number of piperidine rings is 1. The van der Waals surface area contributed by atoms with E-state index in [2.05, 4.69) is 9.88 Å². The summed E-state index contributed by atoms with van der Waals surface area (Å²) < 4.78 is 33.6. The van der Waals surface area contributed by atoms with Crippen molar-refractivity contribution in [1.29, 1.82) is 0 Å². The van der Waals surface area contributed by atoms with Crippen molar-refractivity contribution in [2.75, 3.05) is 26.3 Å². The molecule has 24 heavy (non-hydrogen) atoms. The molecular formula is C17H23F2N3O2. The van der Waals surface area contributed by atoms with Crippen LogP contribution >= 0.6 is 0 Å². The number of aromatic nitrogens is 2. The fourth-order valence-corrected chi connectivity index (χ4v) is 3.17. The van der Waals surface area contributed by atoms with E-state index in [0.717, 1.165) is 30.5 Å². The lowest BCUT2D eigenvalue weighted by Gasteiger charge is -2.31. The van der Waals surface area contributed by atoms with Crippen LogP contribution in [-0.4, -0.2) is 52.0 Å². The smallest absolute Gasteiger partial charge is 0.320 e. The van der Waals surface area contributed by atoms with Gasteiger partial charge in [0.2, 0.25) is 0 Å². The minimum absolute atomic E-state index is 0.142. The molecule has 0 spiro atoms. The van der Waals surface area contributed by atoms with Crippen LogP contribution in [0.15, 0.2) is 24.3 Å². The maximum Gasteiger partial charge on any atom is 0.320 e. The van der Waals surface area contributed by atoms with E-state index < -0.39 is 6.55 Å². The molecule has 2 heterocycles. The summed E-state index contributed by atoms with van der Waals surface area (Å²) in [5.74, 6) is 0.408. The summed E-state index contributed by atoms with van der Waals surface area (Å²) in [5.41, 5.74) is 1.08. The molecule has 0 saturated carbocycles. The highest BCUT2D eigenvalue weighted by Crippen LogP contribution is 2.25. The Labute approximate surface area is 139 Å². The first kappa shape index (κ1) is 17.3. The van der Waals surface area contributed by atoms with Gasteiger partial charge in [-0.2, -0.15) is 8.78 Å². The van der Waals surface area contributed by atoms with Crippen molar-refractivity contribution in [3.63, 3.8) is 0 Å². The lowest BCUT2D eigenvalue weighted by atomic mass is 10.1. The van der Waals surface area contributed by atoms with Crippen LogP contribution in [0.25, 0.3) is 11.0 Å². The Balaban J connectivity index is 1.63. The number of aliphatic hydroxyl groups is 1. The van der Waals surface area contributed by atoms with E-state index in [1.165, 1.54) is 0 Å². The second-order valence-corrected chi connectivity index (χ2v) is 6.09. The Bertz CT molecular complexity index is 654. The summed E-state index contributed by atoms with van der Waals surface area (Å²) >= 11 is 0. The molecule has 0 radical (unpaired) electrons. The number of ether oxygens (including phenoxy) is 1. The second kappa shape index (κ2) is 8.00. The molecule has 132 valence electrons. The first-order valence-electron chi connectivity index (χ1n) is 8.38. The van der Waals surface area contributed by atoms with Crippen LogP contribution in [0.1, 0.15) is 31.6 Å². The molecule has 1 aromatic carbocycles. The fraction of sp³-hybridized carbons (Fsp3) is 0.588. The summed E-state index contributed by atoms with van der Waals surface area (Å²) in [7, 11) is 0. The molecule has 1 fully saturated rings. The zero-order valence-electron chi connectivity index (χ0n) is 13.6.